The summed E-state index contributed by atoms with van der Waals surface area (Å²) in [5.41, 5.74) is 3.56. The molecular formula is C23H30F3NSn. The number of rotatable bonds is 5. The standard InChI is InChI=1S/C20H21F3N.3CH3.Sn/c1-13(2)17-6-5-7-18(14(3)4)19(17)24-12-15-8-10-16(11-9-15)20(21,22)23;;;;/h5-11,13-14H,1-4H3;3*1H3;. The number of nitrogens with zero attached hydrogens (tertiary/aromatic N) is 1. The van der Waals surface area contributed by atoms with Crippen LogP contribution in [0.5, 0.6) is 0 Å². The first-order valence-corrected chi connectivity index (χ1v) is 19.7. The van der Waals surface area contributed by atoms with Crippen LogP contribution in [0.2, 0.25) is 14.8 Å². The van der Waals surface area contributed by atoms with Gasteiger partial charge in [-0.25, -0.2) is 0 Å². The van der Waals surface area contributed by atoms with Crippen molar-refractivity contribution in [2.45, 2.75) is 60.5 Å². The molecule has 0 aromatic heterocycles. The summed E-state index contributed by atoms with van der Waals surface area (Å²) < 4.78 is 39.9. The Hall–Kier alpha value is -1.30. The van der Waals surface area contributed by atoms with Crippen LogP contribution in [-0.2, 0) is 6.18 Å². The maximum atomic E-state index is 13.0. The second-order valence-corrected chi connectivity index (χ2v) is 23.1. The molecule has 2 aromatic carbocycles. The molecule has 0 heterocycles. The fourth-order valence-corrected chi connectivity index (χ4v) is 7.46. The number of alkyl halides is 3. The molecule has 0 saturated carbocycles. The molecule has 0 saturated heterocycles. The fourth-order valence-electron chi connectivity index (χ4n) is 3.24. The summed E-state index contributed by atoms with van der Waals surface area (Å²) in [5.74, 6) is 0.642. The summed E-state index contributed by atoms with van der Waals surface area (Å²) in [6.45, 7) is 8.60. The number of aliphatic imine (C=N–C) groups is 1. The van der Waals surface area contributed by atoms with Crippen molar-refractivity contribution >= 4 is 27.8 Å². The molecule has 1 nitrogen and oxygen atoms in total. The number of hydrogen-bond donors (Lipinski definition) is 0. The van der Waals surface area contributed by atoms with E-state index in [1.807, 2.05) is 0 Å². The van der Waals surface area contributed by atoms with E-state index in [0.29, 0.717) is 11.8 Å². The van der Waals surface area contributed by atoms with Crippen LogP contribution in [0.1, 0.15) is 61.8 Å². The zero-order valence-electron chi connectivity index (χ0n) is 17.8. The molecule has 5 heteroatoms. The third-order valence-corrected chi connectivity index (χ3v) is 9.96. The van der Waals surface area contributed by atoms with Crippen molar-refractivity contribution < 1.29 is 13.2 Å². The van der Waals surface area contributed by atoms with E-state index in [-0.39, 0.29) is 0 Å². The van der Waals surface area contributed by atoms with Gasteiger partial charge in [0, 0.05) is 0 Å². The SMILES string of the molecule is CC(C)c1cccc(C(C)C)c1N=[C](c1ccc(C(F)(F)F)cc1)[Sn]([CH3])([CH3])[CH3]. The van der Waals surface area contributed by atoms with Gasteiger partial charge in [-0.15, -0.1) is 0 Å². The summed E-state index contributed by atoms with van der Waals surface area (Å²) in [4.78, 5) is 11.9. The average molecular weight is 496 g/mol. The number of benzene rings is 2. The van der Waals surface area contributed by atoms with Gasteiger partial charge in [-0.1, -0.05) is 0 Å². The molecule has 0 radical (unpaired) electrons. The van der Waals surface area contributed by atoms with Crippen LogP contribution in [-0.4, -0.2) is 22.1 Å². The molecule has 0 aliphatic heterocycles. The van der Waals surface area contributed by atoms with Gasteiger partial charge in [-0.3, -0.25) is 0 Å². The minimum absolute atomic E-state index is 0.321. The van der Waals surface area contributed by atoms with E-state index in [0.717, 1.165) is 15.0 Å². The third-order valence-electron chi connectivity index (χ3n) is 4.76. The number of halogens is 3. The van der Waals surface area contributed by atoms with Crippen LogP contribution in [0, 0.1) is 0 Å². The summed E-state index contributed by atoms with van der Waals surface area (Å²) in [7, 11) is 0. The molecule has 0 aliphatic rings. The molecule has 0 N–H and O–H groups in total. The Morgan fingerprint density at radius 1 is 0.821 bits per heavy atom. The van der Waals surface area contributed by atoms with Crippen LogP contribution in [0.15, 0.2) is 47.5 Å². The Labute approximate surface area is 171 Å². The van der Waals surface area contributed by atoms with Gasteiger partial charge in [-0.05, 0) is 0 Å². The molecule has 28 heavy (non-hydrogen) atoms. The van der Waals surface area contributed by atoms with Crippen LogP contribution in [0.3, 0.4) is 0 Å². The molecule has 0 amide bonds. The minimum atomic E-state index is -4.32. The predicted octanol–water partition coefficient (Wildman–Crippen LogP) is 7.95. The maximum absolute atomic E-state index is 13.0. The van der Waals surface area contributed by atoms with Crippen LogP contribution >= 0.6 is 0 Å². The number of hydrogen-bond acceptors (Lipinski definition) is 1. The van der Waals surface area contributed by atoms with E-state index in [9.17, 15) is 13.2 Å². The second kappa shape index (κ2) is 8.60. The monoisotopic (exact) mass is 497 g/mol. The normalized spacial score (nSPS) is 13.5. The van der Waals surface area contributed by atoms with Crippen molar-refractivity contribution in [2.24, 2.45) is 4.99 Å². The number of para-hydroxylation sites is 1. The molecule has 0 unspecified atom stereocenters. The van der Waals surface area contributed by atoms with Gasteiger partial charge >= 0.3 is 171 Å². The fraction of sp³-hybridized carbons (Fsp3) is 0.435. The Kier molecular flexibility index (Phi) is 7.06. The van der Waals surface area contributed by atoms with Gasteiger partial charge in [-0.2, -0.15) is 0 Å². The predicted molar refractivity (Wildman–Crippen MR) is 116 cm³/mol. The van der Waals surface area contributed by atoms with Gasteiger partial charge in [0.2, 0.25) is 0 Å². The summed E-state index contributed by atoms with van der Waals surface area (Å²) in [6, 6.07) is 11.8. The Balaban J connectivity index is 2.70. The molecule has 0 atom stereocenters. The summed E-state index contributed by atoms with van der Waals surface area (Å²) in [5, 5.41) is 0. The summed E-state index contributed by atoms with van der Waals surface area (Å²) >= 11 is -2.74. The molecule has 0 fully saturated rings. The first-order valence-electron chi connectivity index (χ1n) is 9.72. The van der Waals surface area contributed by atoms with Crippen molar-refractivity contribution in [1.82, 2.24) is 0 Å². The third kappa shape index (κ3) is 5.40. The average Bonchev–Trinajstić information content (AvgIpc) is 2.57. The van der Waals surface area contributed by atoms with Crippen molar-refractivity contribution in [1.29, 1.82) is 0 Å². The molecule has 0 spiro atoms. The Morgan fingerprint density at radius 2 is 1.29 bits per heavy atom. The van der Waals surface area contributed by atoms with Crippen molar-refractivity contribution in [3.05, 3.63) is 64.7 Å². The zero-order chi connectivity index (χ0) is 21.3. The molecule has 152 valence electrons. The van der Waals surface area contributed by atoms with Gasteiger partial charge in [0.05, 0.1) is 0 Å². The van der Waals surface area contributed by atoms with Crippen molar-refractivity contribution in [3.8, 4) is 0 Å². The van der Waals surface area contributed by atoms with E-state index >= 15 is 0 Å². The van der Waals surface area contributed by atoms with E-state index in [2.05, 4.69) is 60.7 Å². The quantitative estimate of drug-likeness (QED) is 0.294. The van der Waals surface area contributed by atoms with E-state index in [1.165, 1.54) is 23.3 Å². The second-order valence-electron chi connectivity index (χ2n) is 8.88. The molecular weight excluding hydrogens is 466 g/mol. The molecule has 0 aliphatic carbocycles. The van der Waals surface area contributed by atoms with Crippen molar-refractivity contribution in [2.75, 3.05) is 0 Å². The van der Waals surface area contributed by atoms with E-state index < -0.39 is 30.1 Å². The van der Waals surface area contributed by atoms with Gasteiger partial charge in [0.15, 0.2) is 0 Å². The van der Waals surface area contributed by atoms with Crippen LogP contribution in [0.25, 0.3) is 0 Å². The Bertz CT molecular complexity index is 815. The Morgan fingerprint density at radius 3 is 1.64 bits per heavy atom. The van der Waals surface area contributed by atoms with E-state index in [4.69, 9.17) is 4.99 Å². The zero-order valence-corrected chi connectivity index (χ0v) is 20.6. The first-order chi connectivity index (χ1) is 12.8. The first kappa shape index (κ1) is 23.0. The summed E-state index contributed by atoms with van der Waals surface area (Å²) in [6.07, 6.45) is -4.32. The van der Waals surface area contributed by atoms with Crippen LogP contribution in [0.4, 0.5) is 18.9 Å². The van der Waals surface area contributed by atoms with Crippen LogP contribution < -0.4 is 0 Å². The van der Waals surface area contributed by atoms with Gasteiger partial charge in [0.1, 0.15) is 0 Å². The van der Waals surface area contributed by atoms with Crippen molar-refractivity contribution in [3.63, 3.8) is 0 Å². The molecule has 2 rings (SSSR count). The van der Waals surface area contributed by atoms with E-state index in [1.54, 1.807) is 12.1 Å². The molecule has 2 aromatic rings. The topological polar surface area (TPSA) is 12.4 Å². The van der Waals surface area contributed by atoms with Gasteiger partial charge in [0.25, 0.3) is 0 Å². The molecule has 0 bridgehead atoms. The van der Waals surface area contributed by atoms with Gasteiger partial charge < -0.3 is 0 Å².